The van der Waals surface area contributed by atoms with Crippen molar-refractivity contribution in [3.05, 3.63) is 64.7 Å². The quantitative estimate of drug-likeness (QED) is 0.795. The summed E-state index contributed by atoms with van der Waals surface area (Å²) < 4.78 is 5.89. The van der Waals surface area contributed by atoms with Gasteiger partial charge in [0, 0.05) is 0 Å². The molecule has 3 heteroatoms. The molecule has 112 valence electrons. The number of hydrogen-bond acceptors (Lipinski definition) is 2. The van der Waals surface area contributed by atoms with Gasteiger partial charge in [-0.05, 0) is 37.6 Å². The molecule has 0 aliphatic heterocycles. The standard InChI is InChI=1S/C18H22ClNO/c1-3-12-20-17(15-10-8-14(2)9-11-15)13-21-18-7-5-4-6-16(18)19/h4-11,17,20H,3,12-13H2,1-2H3. The Morgan fingerprint density at radius 2 is 1.81 bits per heavy atom. The van der Waals surface area contributed by atoms with E-state index in [0.717, 1.165) is 18.7 Å². The molecule has 0 aromatic heterocycles. The van der Waals surface area contributed by atoms with Crippen molar-refractivity contribution < 1.29 is 4.74 Å². The number of hydrogen-bond donors (Lipinski definition) is 1. The summed E-state index contributed by atoms with van der Waals surface area (Å²) in [5, 5.41) is 4.18. The molecule has 2 aromatic carbocycles. The first-order chi connectivity index (χ1) is 10.2. The number of rotatable bonds is 7. The molecule has 2 nitrogen and oxygen atoms in total. The van der Waals surface area contributed by atoms with Crippen LogP contribution in [0.3, 0.4) is 0 Å². The zero-order valence-electron chi connectivity index (χ0n) is 12.6. The Labute approximate surface area is 132 Å². The Morgan fingerprint density at radius 3 is 2.48 bits per heavy atom. The second-order valence-corrected chi connectivity index (χ2v) is 5.57. The van der Waals surface area contributed by atoms with Crippen LogP contribution in [0.2, 0.25) is 5.02 Å². The Kier molecular flexibility index (Phi) is 6.09. The molecule has 0 fully saturated rings. The lowest BCUT2D eigenvalue weighted by atomic mass is 10.1. The van der Waals surface area contributed by atoms with Crippen molar-refractivity contribution in [3.8, 4) is 5.75 Å². The molecule has 2 aromatic rings. The van der Waals surface area contributed by atoms with E-state index in [1.54, 1.807) is 0 Å². The Balaban J connectivity index is 2.06. The SMILES string of the molecule is CCCNC(COc1ccccc1Cl)c1ccc(C)cc1. The molecule has 0 amide bonds. The van der Waals surface area contributed by atoms with Crippen LogP contribution in [-0.2, 0) is 0 Å². The van der Waals surface area contributed by atoms with Crippen LogP contribution < -0.4 is 10.1 Å². The lowest BCUT2D eigenvalue weighted by Gasteiger charge is -2.20. The van der Waals surface area contributed by atoms with E-state index >= 15 is 0 Å². The van der Waals surface area contributed by atoms with Gasteiger partial charge in [-0.3, -0.25) is 0 Å². The van der Waals surface area contributed by atoms with Gasteiger partial charge in [0.1, 0.15) is 12.4 Å². The van der Waals surface area contributed by atoms with E-state index in [-0.39, 0.29) is 6.04 Å². The molecule has 1 N–H and O–H groups in total. The second kappa shape index (κ2) is 8.06. The fourth-order valence-electron chi connectivity index (χ4n) is 2.13. The van der Waals surface area contributed by atoms with Gasteiger partial charge >= 0.3 is 0 Å². The van der Waals surface area contributed by atoms with E-state index in [1.165, 1.54) is 11.1 Å². The molecule has 0 aliphatic rings. The van der Waals surface area contributed by atoms with Crippen molar-refractivity contribution in [3.63, 3.8) is 0 Å². The normalized spacial score (nSPS) is 12.1. The monoisotopic (exact) mass is 303 g/mol. The van der Waals surface area contributed by atoms with E-state index in [4.69, 9.17) is 16.3 Å². The van der Waals surface area contributed by atoms with Crippen molar-refractivity contribution in [2.75, 3.05) is 13.2 Å². The summed E-state index contributed by atoms with van der Waals surface area (Å²) in [5.74, 6) is 0.731. The minimum absolute atomic E-state index is 0.168. The van der Waals surface area contributed by atoms with E-state index in [9.17, 15) is 0 Å². The van der Waals surface area contributed by atoms with E-state index < -0.39 is 0 Å². The van der Waals surface area contributed by atoms with Gasteiger partial charge in [0.2, 0.25) is 0 Å². The number of nitrogens with one attached hydrogen (secondary N) is 1. The Morgan fingerprint density at radius 1 is 1.10 bits per heavy atom. The highest BCUT2D eigenvalue weighted by molar-refractivity contribution is 6.32. The van der Waals surface area contributed by atoms with Crippen molar-refractivity contribution >= 4 is 11.6 Å². The predicted octanol–water partition coefficient (Wildman–Crippen LogP) is 4.77. The van der Waals surface area contributed by atoms with Crippen LogP contribution in [-0.4, -0.2) is 13.2 Å². The minimum atomic E-state index is 0.168. The van der Waals surface area contributed by atoms with Crippen molar-refractivity contribution in [1.29, 1.82) is 0 Å². The highest BCUT2D eigenvalue weighted by Gasteiger charge is 2.12. The van der Waals surface area contributed by atoms with Crippen molar-refractivity contribution in [2.45, 2.75) is 26.3 Å². The molecule has 0 aliphatic carbocycles. The Hall–Kier alpha value is -1.51. The summed E-state index contributed by atoms with van der Waals surface area (Å²) in [6.45, 7) is 5.78. The topological polar surface area (TPSA) is 21.3 Å². The molecule has 0 bridgehead atoms. The smallest absolute Gasteiger partial charge is 0.137 e. The number of para-hydroxylation sites is 1. The summed E-state index contributed by atoms with van der Waals surface area (Å²) in [4.78, 5) is 0. The summed E-state index contributed by atoms with van der Waals surface area (Å²) >= 11 is 6.13. The molecular formula is C18H22ClNO. The zero-order valence-corrected chi connectivity index (χ0v) is 13.4. The molecule has 0 heterocycles. The summed E-state index contributed by atoms with van der Waals surface area (Å²) in [7, 11) is 0. The maximum atomic E-state index is 6.13. The second-order valence-electron chi connectivity index (χ2n) is 5.16. The van der Waals surface area contributed by atoms with Gasteiger partial charge < -0.3 is 10.1 Å². The predicted molar refractivity (Wildman–Crippen MR) is 89.2 cm³/mol. The summed E-state index contributed by atoms with van der Waals surface area (Å²) in [6.07, 6.45) is 1.09. The van der Waals surface area contributed by atoms with Gasteiger partial charge in [-0.1, -0.05) is 60.5 Å². The van der Waals surface area contributed by atoms with Crippen molar-refractivity contribution in [1.82, 2.24) is 5.32 Å². The lowest BCUT2D eigenvalue weighted by molar-refractivity contribution is 0.266. The molecule has 1 unspecified atom stereocenters. The largest absolute Gasteiger partial charge is 0.490 e. The summed E-state index contributed by atoms with van der Waals surface area (Å²) in [6, 6.07) is 16.3. The first kappa shape index (κ1) is 15.9. The van der Waals surface area contributed by atoms with Crippen LogP contribution in [0, 0.1) is 6.92 Å². The molecule has 0 saturated carbocycles. The van der Waals surface area contributed by atoms with Crippen LogP contribution in [0.15, 0.2) is 48.5 Å². The van der Waals surface area contributed by atoms with Gasteiger partial charge in [-0.2, -0.15) is 0 Å². The van der Waals surface area contributed by atoms with Gasteiger partial charge in [-0.25, -0.2) is 0 Å². The molecule has 21 heavy (non-hydrogen) atoms. The number of ether oxygens (including phenoxy) is 1. The van der Waals surface area contributed by atoms with Gasteiger partial charge in [0.15, 0.2) is 0 Å². The van der Waals surface area contributed by atoms with Gasteiger partial charge in [-0.15, -0.1) is 0 Å². The zero-order chi connectivity index (χ0) is 15.1. The van der Waals surface area contributed by atoms with Crippen molar-refractivity contribution in [2.24, 2.45) is 0 Å². The van der Waals surface area contributed by atoms with Crippen LogP contribution >= 0.6 is 11.6 Å². The third kappa shape index (κ3) is 4.76. The number of aryl methyl sites for hydroxylation is 1. The average Bonchev–Trinajstić information content (AvgIpc) is 2.50. The first-order valence-electron chi connectivity index (χ1n) is 7.38. The van der Waals surface area contributed by atoms with E-state index in [0.29, 0.717) is 11.6 Å². The Bertz CT molecular complexity index is 553. The summed E-state index contributed by atoms with van der Waals surface area (Å²) in [5.41, 5.74) is 2.50. The third-order valence-electron chi connectivity index (χ3n) is 3.36. The molecule has 0 saturated heterocycles. The molecule has 0 radical (unpaired) electrons. The highest BCUT2D eigenvalue weighted by Crippen LogP contribution is 2.24. The van der Waals surface area contributed by atoms with Crippen LogP contribution in [0.1, 0.15) is 30.5 Å². The van der Waals surface area contributed by atoms with Gasteiger partial charge in [0.05, 0.1) is 11.1 Å². The third-order valence-corrected chi connectivity index (χ3v) is 3.67. The molecular weight excluding hydrogens is 282 g/mol. The van der Waals surface area contributed by atoms with Crippen LogP contribution in [0.4, 0.5) is 0 Å². The van der Waals surface area contributed by atoms with E-state index in [2.05, 4.69) is 43.4 Å². The first-order valence-corrected chi connectivity index (χ1v) is 7.75. The van der Waals surface area contributed by atoms with Crippen LogP contribution in [0.5, 0.6) is 5.75 Å². The lowest BCUT2D eigenvalue weighted by Crippen LogP contribution is -2.27. The maximum absolute atomic E-state index is 6.13. The molecule has 1 atom stereocenters. The molecule has 2 rings (SSSR count). The van der Waals surface area contributed by atoms with Gasteiger partial charge in [0.25, 0.3) is 0 Å². The highest BCUT2D eigenvalue weighted by atomic mass is 35.5. The van der Waals surface area contributed by atoms with E-state index in [1.807, 2.05) is 24.3 Å². The van der Waals surface area contributed by atoms with Crippen LogP contribution in [0.25, 0.3) is 0 Å². The average molecular weight is 304 g/mol. The fourth-order valence-corrected chi connectivity index (χ4v) is 2.32. The molecule has 0 spiro atoms. The number of halogens is 1. The fraction of sp³-hybridized carbons (Fsp3) is 0.333. The number of benzene rings is 2. The maximum Gasteiger partial charge on any atom is 0.137 e. The minimum Gasteiger partial charge on any atom is -0.490 e.